The highest BCUT2D eigenvalue weighted by molar-refractivity contribution is 5.99. The number of hydrogen-bond acceptors (Lipinski definition) is 8. The molecule has 9 heteroatoms. The summed E-state index contributed by atoms with van der Waals surface area (Å²) in [6, 6.07) is 0.206. The van der Waals surface area contributed by atoms with Gasteiger partial charge in [-0.05, 0) is 44.9 Å². The summed E-state index contributed by atoms with van der Waals surface area (Å²) >= 11 is 0. The Hall–Kier alpha value is -2.65. The summed E-state index contributed by atoms with van der Waals surface area (Å²) in [6.07, 6.45) is 5.55. The van der Waals surface area contributed by atoms with Crippen molar-refractivity contribution in [3.05, 3.63) is 34.4 Å². The molecule has 1 unspecified atom stereocenters. The first kappa shape index (κ1) is 22.2. The number of likely N-dealkylation sites (N-methyl/N-ethyl adjacent to an activating group) is 1. The number of rotatable bonds is 4. The fourth-order valence-electron chi connectivity index (χ4n) is 5.06. The van der Waals surface area contributed by atoms with Crippen molar-refractivity contribution < 1.29 is 9.53 Å². The number of hydrogen-bond donors (Lipinski definition) is 3. The second kappa shape index (κ2) is 9.30. The summed E-state index contributed by atoms with van der Waals surface area (Å²) in [4.78, 5) is 27.6. The minimum atomic E-state index is -0.164. The predicted octanol–water partition coefficient (Wildman–Crippen LogP) is 1.96. The Morgan fingerprint density at radius 3 is 2.67 bits per heavy atom. The van der Waals surface area contributed by atoms with Crippen molar-refractivity contribution in [3.63, 3.8) is 0 Å². The van der Waals surface area contributed by atoms with Crippen LogP contribution in [0, 0.1) is 0 Å². The van der Waals surface area contributed by atoms with E-state index in [4.69, 9.17) is 14.7 Å². The van der Waals surface area contributed by atoms with Gasteiger partial charge in [0.15, 0.2) is 17.3 Å². The summed E-state index contributed by atoms with van der Waals surface area (Å²) in [5, 5.41) is 10.2. The first-order valence-corrected chi connectivity index (χ1v) is 12.2. The van der Waals surface area contributed by atoms with E-state index in [0.717, 1.165) is 75.9 Å². The molecule has 4 aliphatic rings. The van der Waals surface area contributed by atoms with Crippen LogP contribution in [-0.4, -0.2) is 84.2 Å². The van der Waals surface area contributed by atoms with Crippen LogP contribution in [0.15, 0.2) is 23.0 Å². The smallest absolute Gasteiger partial charge is 0.274 e. The van der Waals surface area contributed by atoms with Gasteiger partial charge in [0, 0.05) is 63.2 Å². The fraction of sp³-hybridized carbons (Fsp3) is 0.625. The highest BCUT2D eigenvalue weighted by Crippen LogP contribution is 2.32. The molecule has 3 aliphatic heterocycles. The van der Waals surface area contributed by atoms with Gasteiger partial charge in [0.25, 0.3) is 5.91 Å². The Kier molecular flexibility index (Phi) is 6.25. The third-order valence-corrected chi connectivity index (χ3v) is 7.13. The number of piperazine rings is 1. The van der Waals surface area contributed by atoms with Crippen molar-refractivity contribution in [2.24, 2.45) is 0 Å². The molecular formula is C24H35N7O2. The monoisotopic (exact) mass is 453 g/mol. The molecule has 1 atom stereocenters. The van der Waals surface area contributed by atoms with Gasteiger partial charge >= 0.3 is 0 Å². The van der Waals surface area contributed by atoms with Gasteiger partial charge in [0.05, 0.1) is 11.7 Å². The molecule has 0 bridgehead atoms. The first-order valence-electron chi connectivity index (χ1n) is 12.2. The van der Waals surface area contributed by atoms with Crippen LogP contribution in [0.3, 0.4) is 0 Å². The number of amides is 1. The number of carbonyl (C=O) groups excluding carboxylic acids is 1. The van der Waals surface area contributed by atoms with E-state index in [9.17, 15) is 4.79 Å². The molecule has 0 saturated carbocycles. The van der Waals surface area contributed by atoms with Crippen LogP contribution in [0.1, 0.15) is 49.3 Å². The molecule has 3 N–H and O–H groups in total. The molecule has 1 aliphatic carbocycles. The third kappa shape index (κ3) is 4.56. The molecule has 1 aromatic heterocycles. The van der Waals surface area contributed by atoms with E-state index in [0.29, 0.717) is 24.0 Å². The number of nitrogens with zero attached hydrogens (tertiary/aromatic N) is 4. The van der Waals surface area contributed by atoms with Crippen molar-refractivity contribution in [3.8, 4) is 0 Å². The average molecular weight is 454 g/mol. The molecule has 2 saturated heterocycles. The summed E-state index contributed by atoms with van der Waals surface area (Å²) in [6.45, 7) is 9.88. The van der Waals surface area contributed by atoms with Gasteiger partial charge in [-0.15, -0.1) is 0 Å². The van der Waals surface area contributed by atoms with Crippen LogP contribution in [0.4, 0.5) is 11.6 Å². The van der Waals surface area contributed by atoms with Gasteiger partial charge in [-0.1, -0.05) is 6.92 Å². The minimum absolute atomic E-state index is 0.108. The number of anilines is 2. The van der Waals surface area contributed by atoms with Gasteiger partial charge < -0.3 is 30.5 Å². The van der Waals surface area contributed by atoms with Crippen LogP contribution in [0.2, 0.25) is 0 Å². The second-order valence-electron chi connectivity index (χ2n) is 9.48. The zero-order valence-electron chi connectivity index (χ0n) is 19.9. The number of aryl methyl sites for hydroxylation is 1. The van der Waals surface area contributed by atoms with Gasteiger partial charge in [-0.25, -0.2) is 9.97 Å². The van der Waals surface area contributed by atoms with Crippen molar-refractivity contribution in [1.82, 2.24) is 25.1 Å². The number of carbonyl (C=O) groups is 1. The van der Waals surface area contributed by atoms with Gasteiger partial charge in [-0.3, -0.25) is 4.79 Å². The molecule has 1 amide bonds. The van der Waals surface area contributed by atoms with Crippen LogP contribution < -0.4 is 16.0 Å². The van der Waals surface area contributed by atoms with E-state index in [-0.39, 0.29) is 11.9 Å². The van der Waals surface area contributed by atoms with E-state index in [1.807, 2.05) is 6.92 Å². The first-order chi connectivity index (χ1) is 16.0. The SMILES string of the molecule is CCc1nc2c(nc1NC1CCOCC1)NC1=CC(C)=C(N3CCN(C)CC3)CC1NC2=O. The maximum Gasteiger partial charge on any atom is 0.274 e. The summed E-state index contributed by atoms with van der Waals surface area (Å²) < 4.78 is 5.48. The van der Waals surface area contributed by atoms with E-state index in [2.05, 4.69) is 45.8 Å². The Bertz CT molecular complexity index is 975. The standard InChI is InChI=1S/C24H35N7O2/c1-4-17-22(25-16-5-11-33-12-6-16)29-23-21(26-17)24(32)28-19-14-20(15(2)13-18(19)27-23)31-9-7-30(3)8-10-31/h13,16,19H,4-12,14H2,1-3H3,(H,28,32)(H2,25,27,29). The topological polar surface area (TPSA) is 94.7 Å². The number of allylic oxidation sites excluding steroid dienone is 2. The molecule has 0 spiro atoms. The average Bonchev–Trinajstić information content (AvgIpc) is 2.94. The van der Waals surface area contributed by atoms with Crippen molar-refractivity contribution in [1.29, 1.82) is 0 Å². The highest BCUT2D eigenvalue weighted by Gasteiger charge is 2.33. The highest BCUT2D eigenvalue weighted by atomic mass is 16.5. The molecule has 0 aromatic carbocycles. The maximum atomic E-state index is 13.2. The van der Waals surface area contributed by atoms with Crippen molar-refractivity contribution in [2.75, 3.05) is 57.1 Å². The Balaban J connectivity index is 1.42. The zero-order chi connectivity index (χ0) is 22.9. The molecule has 33 heavy (non-hydrogen) atoms. The van der Waals surface area contributed by atoms with Crippen molar-refractivity contribution >= 4 is 17.5 Å². The number of fused-ring (bicyclic) bond motifs is 2. The molecule has 0 radical (unpaired) electrons. The molecule has 2 fully saturated rings. The molecule has 178 valence electrons. The van der Waals surface area contributed by atoms with E-state index in [1.165, 1.54) is 11.3 Å². The lowest BCUT2D eigenvalue weighted by molar-refractivity contribution is 0.0903. The van der Waals surface area contributed by atoms with Crippen LogP contribution in [-0.2, 0) is 11.2 Å². The lowest BCUT2D eigenvalue weighted by atomic mass is 9.95. The molecule has 9 nitrogen and oxygen atoms in total. The molecular weight excluding hydrogens is 418 g/mol. The van der Waals surface area contributed by atoms with Crippen LogP contribution in [0.25, 0.3) is 0 Å². The Labute approximate surface area is 195 Å². The summed E-state index contributed by atoms with van der Waals surface area (Å²) in [5.74, 6) is 1.13. The van der Waals surface area contributed by atoms with Gasteiger partial charge in [0.1, 0.15) is 0 Å². The van der Waals surface area contributed by atoms with E-state index in [1.54, 1.807) is 0 Å². The van der Waals surface area contributed by atoms with Crippen LogP contribution >= 0.6 is 0 Å². The van der Waals surface area contributed by atoms with E-state index < -0.39 is 0 Å². The zero-order valence-corrected chi connectivity index (χ0v) is 19.9. The fourth-order valence-corrected chi connectivity index (χ4v) is 5.06. The second-order valence-corrected chi connectivity index (χ2v) is 9.48. The number of aromatic nitrogens is 2. The Morgan fingerprint density at radius 1 is 1.18 bits per heavy atom. The third-order valence-electron chi connectivity index (χ3n) is 7.13. The summed E-state index contributed by atoms with van der Waals surface area (Å²) in [5.41, 5.74) is 4.74. The summed E-state index contributed by atoms with van der Waals surface area (Å²) in [7, 11) is 2.17. The lowest BCUT2D eigenvalue weighted by Gasteiger charge is -2.39. The largest absolute Gasteiger partial charge is 0.381 e. The minimum Gasteiger partial charge on any atom is -0.381 e. The van der Waals surface area contributed by atoms with Crippen molar-refractivity contribution in [2.45, 2.75) is 51.6 Å². The number of ether oxygens (including phenoxy) is 1. The van der Waals surface area contributed by atoms with E-state index >= 15 is 0 Å². The number of nitrogens with one attached hydrogen (secondary N) is 3. The van der Waals surface area contributed by atoms with Gasteiger partial charge in [0.2, 0.25) is 0 Å². The Morgan fingerprint density at radius 2 is 1.94 bits per heavy atom. The molecule has 4 heterocycles. The normalized spacial score (nSPS) is 24.3. The quantitative estimate of drug-likeness (QED) is 0.637. The van der Waals surface area contributed by atoms with Crippen LogP contribution in [0.5, 0.6) is 0 Å². The lowest BCUT2D eigenvalue weighted by Crippen LogP contribution is -2.46. The predicted molar refractivity (Wildman–Crippen MR) is 128 cm³/mol. The maximum absolute atomic E-state index is 13.2. The van der Waals surface area contributed by atoms with Gasteiger partial charge in [-0.2, -0.15) is 0 Å². The molecule has 1 aromatic rings. The molecule has 5 rings (SSSR count).